The van der Waals surface area contributed by atoms with Crippen LogP contribution >= 0.6 is 0 Å². The van der Waals surface area contributed by atoms with Gasteiger partial charge in [0.25, 0.3) is 5.91 Å². The van der Waals surface area contributed by atoms with Crippen molar-refractivity contribution in [2.75, 3.05) is 20.8 Å². The minimum absolute atomic E-state index is 0.00223. The number of esters is 1. The van der Waals surface area contributed by atoms with Crippen LogP contribution in [0.4, 0.5) is 0 Å². The molecule has 23 heavy (non-hydrogen) atoms. The van der Waals surface area contributed by atoms with E-state index in [1.165, 1.54) is 12.2 Å². The normalized spacial score (nSPS) is 16.7. The molecule has 0 fully saturated rings. The Kier molecular flexibility index (Phi) is 3.96. The van der Waals surface area contributed by atoms with E-state index in [2.05, 4.69) is 0 Å². The maximum Gasteiger partial charge on any atom is 0.309 e. The lowest BCUT2D eigenvalue weighted by Gasteiger charge is -2.23. The van der Waals surface area contributed by atoms with E-state index in [9.17, 15) is 9.59 Å². The minimum atomic E-state index is -0.602. The lowest BCUT2D eigenvalue weighted by atomic mass is 10.2. The van der Waals surface area contributed by atoms with Crippen LogP contribution in [-0.2, 0) is 14.4 Å². The zero-order valence-electron chi connectivity index (χ0n) is 13.2. The van der Waals surface area contributed by atoms with Crippen LogP contribution in [0.15, 0.2) is 24.3 Å². The monoisotopic (exact) mass is 318 g/mol. The molecule has 1 unspecified atom stereocenters. The van der Waals surface area contributed by atoms with Crippen LogP contribution in [0.1, 0.15) is 30.0 Å². The van der Waals surface area contributed by atoms with E-state index in [-0.39, 0.29) is 18.9 Å². The number of hydroxylamine groups is 2. The van der Waals surface area contributed by atoms with E-state index in [4.69, 9.17) is 14.3 Å². The lowest BCUT2D eigenvalue weighted by Crippen LogP contribution is -2.30. The molecule has 7 nitrogen and oxygen atoms in total. The highest BCUT2D eigenvalue weighted by Gasteiger charge is 2.40. The van der Waals surface area contributed by atoms with Crippen molar-refractivity contribution < 1.29 is 23.9 Å². The molecule has 1 amide bonds. The Bertz CT molecular complexity index is 767. The van der Waals surface area contributed by atoms with Crippen LogP contribution in [-0.4, -0.2) is 42.3 Å². The Hall–Kier alpha value is -2.54. The molecule has 3 rings (SSSR count). The fourth-order valence-electron chi connectivity index (χ4n) is 2.99. The highest BCUT2D eigenvalue weighted by atomic mass is 16.7. The molecule has 0 radical (unpaired) electrons. The lowest BCUT2D eigenvalue weighted by molar-refractivity contribution is -0.157. The van der Waals surface area contributed by atoms with Crippen LogP contribution in [0.25, 0.3) is 10.9 Å². The number of nitrogens with zero attached hydrogens (tertiary/aromatic N) is 2. The second-order valence-corrected chi connectivity index (χ2v) is 5.10. The van der Waals surface area contributed by atoms with E-state index in [1.807, 2.05) is 18.2 Å². The van der Waals surface area contributed by atoms with Crippen molar-refractivity contribution in [1.82, 2.24) is 9.63 Å². The summed E-state index contributed by atoms with van der Waals surface area (Å²) in [5, 5.41) is 2.07. The summed E-state index contributed by atoms with van der Waals surface area (Å²) in [4.78, 5) is 29.7. The number of hydrogen-bond acceptors (Lipinski definition) is 5. The fourth-order valence-corrected chi connectivity index (χ4v) is 2.99. The van der Waals surface area contributed by atoms with Crippen molar-refractivity contribution in [3.8, 4) is 5.75 Å². The first-order valence-corrected chi connectivity index (χ1v) is 7.33. The van der Waals surface area contributed by atoms with E-state index < -0.39 is 12.1 Å². The fraction of sp³-hybridized carbons (Fsp3) is 0.375. The summed E-state index contributed by atoms with van der Waals surface area (Å²) >= 11 is 0. The van der Waals surface area contributed by atoms with Gasteiger partial charge in [0, 0.05) is 5.39 Å². The van der Waals surface area contributed by atoms with Gasteiger partial charge in [0.15, 0.2) is 0 Å². The molecular weight excluding hydrogens is 300 g/mol. The summed E-state index contributed by atoms with van der Waals surface area (Å²) in [6.45, 7) is 2.03. The van der Waals surface area contributed by atoms with Crippen LogP contribution in [0.3, 0.4) is 0 Å². The summed E-state index contributed by atoms with van der Waals surface area (Å²) in [7, 11) is 2.97. The van der Waals surface area contributed by atoms with Gasteiger partial charge in [0.2, 0.25) is 0 Å². The zero-order chi connectivity index (χ0) is 16.6. The maximum absolute atomic E-state index is 12.5. The molecule has 0 saturated carbocycles. The van der Waals surface area contributed by atoms with Gasteiger partial charge in [-0.1, -0.05) is 12.1 Å². The number of hydrogen-bond donors (Lipinski definition) is 0. The number of carbonyl (C=O) groups excluding carboxylic acids is 2. The van der Waals surface area contributed by atoms with Gasteiger partial charge in [-0.05, 0) is 19.1 Å². The molecule has 2 heterocycles. The van der Waals surface area contributed by atoms with Gasteiger partial charge in [-0.3, -0.25) is 14.4 Å². The van der Waals surface area contributed by atoms with Crippen molar-refractivity contribution in [2.45, 2.75) is 19.5 Å². The third-order valence-electron chi connectivity index (χ3n) is 3.88. The molecule has 122 valence electrons. The van der Waals surface area contributed by atoms with Gasteiger partial charge in [-0.15, -0.1) is 0 Å². The summed E-state index contributed by atoms with van der Waals surface area (Å²) in [5.41, 5.74) is 1.22. The van der Waals surface area contributed by atoms with Crippen molar-refractivity contribution in [3.63, 3.8) is 0 Å². The molecule has 0 spiro atoms. The number of para-hydroxylation sites is 1. The average Bonchev–Trinajstić information content (AvgIpc) is 3.04. The summed E-state index contributed by atoms with van der Waals surface area (Å²) in [5.74, 6) is -0.0506. The number of fused-ring (bicyclic) bond motifs is 3. The number of ether oxygens (including phenoxy) is 2. The molecule has 0 saturated heterocycles. The van der Waals surface area contributed by atoms with Crippen LogP contribution in [0, 0.1) is 0 Å². The van der Waals surface area contributed by atoms with Crippen LogP contribution in [0.5, 0.6) is 5.75 Å². The molecule has 1 aromatic heterocycles. The molecule has 2 aromatic rings. The number of benzene rings is 1. The number of aromatic nitrogens is 1. The molecule has 7 heteroatoms. The number of amides is 1. The summed E-state index contributed by atoms with van der Waals surface area (Å²) in [6, 6.07) is 7.35. The summed E-state index contributed by atoms with van der Waals surface area (Å²) < 4.78 is 12.2. The minimum Gasteiger partial charge on any atom is -0.495 e. The maximum atomic E-state index is 12.5. The molecule has 1 aliphatic rings. The van der Waals surface area contributed by atoms with Gasteiger partial charge in [-0.25, -0.2) is 0 Å². The first kappa shape index (κ1) is 15.4. The third-order valence-corrected chi connectivity index (χ3v) is 3.88. The van der Waals surface area contributed by atoms with Gasteiger partial charge >= 0.3 is 5.97 Å². The Balaban J connectivity index is 2.14. The number of methoxy groups -OCH3 is 1. The van der Waals surface area contributed by atoms with E-state index in [0.717, 1.165) is 10.9 Å². The van der Waals surface area contributed by atoms with Crippen molar-refractivity contribution in [3.05, 3.63) is 30.0 Å². The Morgan fingerprint density at radius 2 is 2.09 bits per heavy atom. The number of carbonyl (C=O) groups is 2. The SMILES string of the molecule is CCOC(=O)CC1N(OC)C(=O)c2cc3cccc(OC)c3n21. The predicted molar refractivity (Wildman–Crippen MR) is 82.0 cm³/mol. The predicted octanol–water partition coefficient (Wildman–Crippen LogP) is 2.12. The first-order chi connectivity index (χ1) is 11.1. The quantitative estimate of drug-likeness (QED) is 0.790. The van der Waals surface area contributed by atoms with Crippen molar-refractivity contribution >= 4 is 22.8 Å². The molecular formula is C16H18N2O5. The van der Waals surface area contributed by atoms with Crippen LogP contribution < -0.4 is 4.74 Å². The number of rotatable bonds is 5. The molecule has 0 aliphatic carbocycles. The molecule has 0 N–H and O–H groups in total. The average molecular weight is 318 g/mol. The van der Waals surface area contributed by atoms with Gasteiger partial charge < -0.3 is 14.0 Å². The van der Waals surface area contributed by atoms with E-state index >= 15 is 0 Å². The smallest absolute Gasteiger partial charge is 0.309 e. The Labute approximate surface area is 133 Å². The Morgan fingerprint density at radius 3 is 2.74 bits per heavy atom. The van der Waals surface area contributed by atoms with E-state index in [1.54, 1.807) is 24.7 Å². The largest absolute Gasteiger partial charge is 0.495 e. The highest BCUT2D eigenvalue weighted by Crippen LogP contribution is 2.39. The zero-order valence-corrected chi connectivity index (χ0v) is 13.2. The summed E-state index contributed by atoms with van der Waals surface area (Å²) in [6.07, 6.45) is -0.599. The van der Waals surface area contributed by atoms with Crippen molar-refractivity contribution in [1.29, 1.82) is 0 Å². The standard InChI is InChI=1S/C16H18N2O5/c1-4-23-14(19)9-13-17-11(16(20)18(13)22-3)8-10-6-5-7-12(21-2)15(10)17/h5-8,13H,4,9H2,1-3H3. The Morgan fingerprint density at radius 1 is 1.30 bits per heavy atom. The molecule has 0 bridgehead atoms. The third kappa shape index (κ3) is 2.33. The second kappa shape index (κ2) is 5.92. The van der Waals surface area contributed by atoms with Gasteiger partial charge in [0.1, 0.15) is 17.6 Å². The van der Waals surface area contributed by atoms with Crippen molar-refractivity contribution in [2.24, 2.45) is 0 Å². The van der Waals surface area contributed by atoms with Gasteiger partial charge in [-0.2, -0.15) is 5.06 Å². The topological polar surface area (TPSA) is 70.0 Å². The second-order valence-electron chi connectivity index (χ2n) is 5.10. The molecule has 1 aliphatic heterocycles. The molecule has 1 atom stereocenters. The first-order valence-electron chi connectivity index (χ1n) is 7.33. The highest BCUT2D eigenvalue weighted by molar-refractivity contribution is 6.02. The van der Waals surface area contributed by atoms with E-state index in [0.29, 0.717) is 11.4 Å². The molecule has 1 aromatic carbocycles. The van der Waals surface area contributed by atoms with Gasteiger partial charge in [0.05, 0.1) is 32.8 Å². The van der Waals surface area contributed by atoms with Crippen LogP contribution in [0.2, 0.25) is 0 Å².